The Morgan fingerprint density at radius 3 is 3.07 bits per heavy atom. The molecule has 4 nitrogen and oxygen atoms in total. The number of halogens is 1. The number of nitrogens with two attached hydrogens (primary N) is 1. The molecule has 0 radical (unpaired) electrons. The molecule has 0 saturated heterocycles. The summed E-state index contributed by atoms with van der Waals surface area (Å²) in [5, 5.41) is 9.94. The standard InChI is InChI=1S/C9H9ClN2O2/c10-6-1-5(8(13)3-11)2-7-9(6)14-4-12-7/h1-2,4,8,13H,3,11H2. The topological polar surface area (TPSA) is 72.3 Å². The summed E-state index contributed by atoms with van der Waals surface area (Å²) in [5.41, 5.74) is 7.14. The quantitative estimate of drug-likeness (QED) is 0.791. The molecule has 74 valence electrons. The monoisotopic (exact) mass is 212 g/mol. The molecule has 14 heavy (non-hydrogen) atoms. The van der Waals surface area contributed by atoms with Gasteiger partial charge in [0.2, 0.25) is 0 Å². The molecule has 1 aromatic heterocycles. The number of fused-ring (bicyclic) bond motifs is 1. The smallest absolute Gasteiger partial charge is 0.182 e. The molecule has 0 saturated carbocycles. The van der Waals surface area contributed by atoms with Crippen molar-refractivity contribution in [1.29, 1.82) is 0 Å². The van der Waals surface area contributed by atoms with Crippen molar-refractivity contribution in [3.63, 3.8) is 0 Å². The third-order valence-electron chi connectivity index (χ3n) is 2.02. The van der Waals surface area contributed by atoms with E-state index < -0.39 is 6.10 Å². The predicted molar refractivity (Wildman–Crippen MR) is 53.0 cm³/mol. The van der Waals surface area contributed by atoms with E-state index in [1.807, 2.05) is 0 Å². The summed E-state index contributed by atoms with van der Waals surface area (Å²) in [7, 11) is 0. The van der Waals surface area contributed by atoms with Crippen LogP contribution in [-0.4, -0.2) is 16.6 Å². The molecule has 1 atom stereocenters. The summed E-state index contributed by atoms with van der Waals surface area (Å²) in [6.45, 7) is 0.152. The van der Waals surface area contributed by atoms with Crippen LogP contribution in [0.2, 0.25) is 5.02 Å². The lowest BCUT2D eigenvalue weighted by Gasteiger charge is -2.07. The molecule has 0 spiro atoms. The lowest BCUT2D eigenvalue weighted by Crippen LogP contribution is -2.11. The van der Waals surface area contributed by atoms with E-state index in [1.54, 1.807) is 12.1 Å². The van der Waals surface area contributed by atoms with E-state index in [-0.39, 0.29) is 6.54 Å². The van der Waals surface area contributed by atoms with Crippen molar-refractivity contribution in [1.82, 2.24) is 4.98 Å². The average molecular weight is 213 g/mol. The van der Waals surface area contributed by atoms with Crippen molar-refractivity contribution in [2.24, 2.45) is 5.73 Å². The molecule has 0 aliphatic carbocycles. The summed E-state index contributed by atoms with van der Waals surface area (Å²) < 4.78 is 5.06. The van der Waals surface area contributed by atoms with Crippen LogP contribution in [0.5, 0.6) is 0 Å². The summed E-state index contributed by atoms with van der Waals surface area (Å²) in [6, 6.07) is 3.34. The van der Waals surface area contributed by atoms with Gasteiger partial charge in [-0.1, -0.05) is 11.6 Å². The Labute approximate surface area is 85.3 Å². The largest absolute Gasteiger partial charge is 0.442 e. The number of rotatable bonds is 2. The van der Waals surface area contributed by atoms with E-state index in [4.69, 9.17) is 21.8 Å². The highest BCUT2D eigenvalue weighted by Gasteiger charge is 2.11. The number of hydrogen-bond acceptors (Lipinski definition) is 4. The zero-order valence-corrected chi connectivity index (χ0v) is 8.03. The van der Waals surface area contributed by atoms with Gasteiger partial charge < -0.3 is 15.3 Å². The average Bonchev–Trinajstić information content (AvgIpc) is 2.64. The van der Waals surface area contributed by atoms with Crippen LogP contribution in [-0.2, 0) is 0 Å². The molecule has 2 rings (SSSR count). The van der Waals surface area contributed by atoms with Crippen LogP contribution in [0.4, 0.5) is 0 Å². The molecular weight excluding hydrogens is 204 g/mol. The van der Waals surface area contributed by atoms with Crippen molar-refractivity contribution in [2.75, 3.05) is 6.54 Å². The number of aromatic nitrogens is 1. The molecule has 0 fully saturated rings. The Morgan fingerprint density at radius 1 is 1.57 bits per heavy atom. The molecule has 0 bridgehead atoms. The lowest BCUT2D eigenvalue weighted by molar-refractivity contribution is 0.187. The van der Waals surface area contributed by atoms with Crippen molar-refractivity contribution in [2.45, 2.75) is 6.10 Å². The fourth-order valence-corrected chi connectivity index (χ4v) is 1.54. The third kappa shape index (κ3) is 1.48. The number of aliphatic hydroxyl groups is 1. The van der Waals surface area contributed by atoms with Gasteiger partial charge in [-0.25, -0.2) is 4.98 Å². The van der Waals surface area contributed by atoms with E-state index in [9.17, 15) is 5.11 Å². The number of aliphatic hydroxyl groups excluding tert-OH is 1. The van der Waals surface area contributed by atoms with Crippen LogP contribution in [0.15, 0.2) is 22.9 Å². The van der Waals surface area contributed by atoms with Crippen LogP contribution in [0, 0.1) is 0 Å². The fraction of sp³-hybridized carbons (Fsp3) is 0.222. The maximum absolute atomic E-state index is 9.51. The van der Waals surface area contributed by atoms with Crippen molar-refractivity contribution in [3.05, 3.63) is 29.1 Å². The molecule has 2 aromatic rings. The van der Waals surface area contributed by atoms with Crippen molar-refractivity contribution < 1.29 is 9.52 Å². The molecule has 5 heteroatoms. The molecule has 0 aliphatic heterocycles. The molecular formula is C9H9ClN2O2. The van der Waals surface area contributed by atoms with Gasteiger partial charge in [-0.15, -0.1) is 0 Å². The molecule has 3 N–H and O–H groups in total. The van der Waals surface area contributed by atoms with E-state index in [1.165, 1.54) is 6.39 Å². The van der Waals surface area contributed by atoms with Gasteiger partial charge in [0.15, 0.2) is 12.0 Å². The zero-order valence-electron chi connectivity index (χ0n) is 7.27. The second-order valence-corrected chi connectivity index (χ2v) is 3.36. The van der Waals surface area contributed by atoms with Gasteiger partial charge in [-0.2, -0.15) is 0 Å². The Morgan fingerprint density at radius 2 is 2.36 bits per heavy atom. The summed E-state index contributed by atoms with van der Waals surface area (Å²) in [6.07, 6.45) is 0.600. The van der Waals surface area contributed by atoms with E-state index >= 15 is 0 Å². The second-order valence-electron chi connectivity index (χ2n) is 2.95. The Hall–Kier alpha value is -1.10. The number of nitrogens with zero attached hydrogens (tertiary/aromatic N) is 1. The van der Waals surface area contributed by atoms with Gasteiger partial charge in [0, 0.05) is 6.54 Å². The first-order chi connectivity index (χ1) is 6.72. The first kappa shape index (κ1) is 9.45. The minimum atomic E-state index is -0.714. The van der Waals surface area contributed by atoms with Gasteiger partial charge in [-0.05, 0) is 17.7 Å². The zero-order chi connectivity index (χ0) is 10.1. The Kier molecular flexibility index (Phi) is 2.41. The van der Waals surface area contributed by atoms with Crippen molar-refractivity contribution >= 4 is 22.7 Å². The van der Waals surface area contributed by atoms with Gasteiger partial charge in [-0.3, -0.25) is 0 Å². The summed E-state index contributed by atoms with van der Waals surface area (Å²) >= 11 is 5.92. The minimum absolute atomic E-state index is 0.152. The number of benzene rings is 1. The van der Waals surface area contributed by atoms with Gasteiger partial charge >= 0.3 is 0 Å². The highest BCUT2D eigenvalue weighted by atomic mass is 35.5. The van der Waals surface area contributed by atoms with Crippen LogP contribution >= 0.6 is 11.6 Å². The van der Waals surface area contributed by atoms with Gasteiger partial charge in [0.05, 0.1) is 11.1 Å². The molecule has 1 unspecified atom stereocenters. The maximum atomic E-state index is 9.51. The van der Waals surface area contributed by atoms with Crippen LogP contribution < -0.4 is 5.73 Å². The third-order valence-corrected chi connectivity index (χ3v) is 2.30. The summed E-state index contributed by atoms with van der Waals surface area (Å²) in [4.78, 5) is 3.95. The van der Waals surface area contributed by atoms with Gasteiger partial charge in [0.1, 0.15) is 5.52 Å². The highest BCUT2D eigenvalue weighted by Crippen LogP contribution is 2.26. The molecule has 0 amide bonds. The summed E-state index contributed by atoms with van der Waals surface area (Å²) in [5.74, 6) is 0. The van der Waals surface area contributed by atoms with Crippen LogP contribution in [0.1, 0.15) is 11.7 Å². The Bertz CT molecular complexity index is 455. The molecule has 0 aliphatic rings. The Balaban J connectivity index is 2.58. The van der Waals surface area contributed by atoms with Crippen LogP contribution in [0.25, 0.3) is 11.1 Å². The maximum Gasteiger partial charge on any atom is 0.182 e. The fourth-order valence-electron chi connectivity index (χ4n) is 1.28. The number of oxazole rings is 1. The van der Waals surface area contributed by atoms with Crippen molar-refractivity contribution in [3.8, 4) is 0 Å². The van der Waals surface area contributed by atoms with Crippen LogP contribution in [0.3, 0.4) is 0 Å². The predicted octanol–water partition coefficient (Wildman–Crippen LogP) is 1.47. The first-order valence-corrected chi connectivity index (χ1v) is 4.51. The second kappa shape index (κ2) is 3.57. The van der Waals surface area contributed by atoms with Gasteiger partial charge in [0.25, 0.3) is 0 Å². The normalized spacial score (nSPS) is 13.4. The van der Waals surface area contributed by atoms with E-state index in [0.717, 1.165) is 0 Å². The molecule has 1 aromatic carbocycles. The lowest BCUT2D eigenvalue weighted by atomic mass is 10.1. The SMILES string of the molecule is NCC(O)c1cc(Cl)c2ocnc2c1. The highest BCUT2D eigenvalue weighted by molar-refractivity contribution is 6.34. The van der Waals surface area contributed by atoms with E-state index in [2.05, 4.69) is 4.98 Å². The molecule has 1 heterocycles. The van der Waals surface area contributed by atoms with E-state index in [0.29, 0.717) is 21.7 Å². The minimum Gasteiger partial charge on any atom is -0.442 e. The number of hydrogen-bond donors (Lipinski definition) is 2. The first-order valence-electron chi connectivity index (χ1n) is 4.13.